The Hall–Kier alpha value is -3.45. The molecule has 0 radical (unpaired) electrons. The van der Waals surface area contributed by atoms with Crippen LogP contribution in [0.15, 0.2) is 60.8 Å². The quantitative estimate of drug-likeness (QED) is 0.219. The molecule has 0 atom stereocenters. The van der Waals surface area contributed by atoms with Gasteiger partial charge in [-0.05, 0) is 87.5 Å². The predicted molar refractivity (Wildman–Crippen MR) is 167 cm³/mol. The SMILES string of the molecule is CCCc1c(C(=O)NCCCCCCN2CCC(c3cccc(NC(=O)C(C)C)c3)CC2)cnn1-c1ccccc1. The first-order valence-electron chi connectivity index (χ1n) is 15.5. The molecule has 0 bridgehead atoms. The Morgan fingerprint density at radius 1 is 0.976 bits per heavy atom. The zero-order valence-electron chi connectivity index (χ0n) is 25.1. The number of amides is 2. The summed E-state index contributed by atoms with van der Waals surface area (Å²) >= 11 is 0. The summed E-state index contributed by atoms with van der Waals surface area (Å²) in [7, 11) is 0. The molecule has 0 unspecified atom stereocenters. The molecular formula is C34H47N5O2. The maximum absolute atomic E-state index is 12.9. The second-order valence-corrected chi connectivity index (χ2v) is 11.6. The van der Waals surface area contributed by atoms with Gasteiger partial charge in [-0.15, -0.1) is 0 Å². The van der Waals surface area contributed by atoms with E-state index in [9.17, 15) is 9.59 Å². The van der Waals surface area contributed by atoms with Crippen molar-refractivity contribution in [2.45, 2.75) is 78.1 Å². The molecule has 1 fully saturated rings. The molecular weight excluding hydrogens is 510 g/mol. The Labute approximate surface area is 245 Å². The molecule has 1 aromatic heterocycles. The molecule has 1 aliphatic heterocycles. The van der Waals surface area contributed by atoms with E-state index in [1.165, 1.54) is 18.4 Å². The van der Waals surface area contributed by atoms with Crippen LogP contribution in [0.25, 0.3) is 5.69 Å². The van der Waals surface area contributed by atoms with Gasteiger partial charge in [0, 0.05) is 18.2 Å². The van der Waals surface area contributed by atoms with E-state index in [1.807, 2.05) is 54.9 Å². The average Bonchev–Trinajstić information content (AvgIpc) is 3.41. The van der Waals surface area contributed by atoms with E-state index in [-0.39, 0.29) is 17.7 Å². The molecule has 4 rings (SSSR count). The van der Waals surface area contributed by atoms with Crippen molar-refractivity contribution in [1.82, 2.24) is 20.0 Å². The highest BCUT2D eigenvalue weighted by Crippen LogP contribution is 2.30. The molecule has 41 heavy (non-hydrogen) atoms. The van der Waals surface area contributed by atoms with Crippen molar-refractivity contribution >= 4 is 17.5 Å². The van der Waals surface area contributed by atoms with Gasteiger partial charge in [-0.25, -0.2) is 4.68 Å². The van der Waals surface area contributed by atoms with Gasteiger partial charge in [0.2, 0.25) is 5.91 Å². The normalized spacial score (nSPS) is 14.3. The first-order chi connectivity index (χ1) is 20.0. The van der Waals surface area contributed by atoms with Crippen LogP contribution in [0.1, 0.15) is 93.3 Å². The highest BCUT2D eigenvalue weighted by molar-refractivity contribution is 5.95. The molecule has 0 aliphatic carbocycles. The van der Waals surface area contributed by atoms with Crippen LogP contribution in [0.5, 0.6) is 0 Å². The van der Waals surface area contributed by atoms with Crippen LogP contribution in [0, 0.1) is 5.92 Å². The summed E-state index contributed by atoms with van der Waals surface area (Å²) < 4.78 is 1.89. The highest BCUT2D eigenvalue weighted by Gasteiger charge is 2.21. The summed E-state index contributed by atoms with van der Waals surface area (Å²) in [4.78, 5) is 27.6. The van der Waals surface area contributed by atoms with Crippen molar-refractivity contribution in [2.75, 3.05) is 31.5 Å². The smallest absolute Gasteiger partial charge is 0.254 e. The number of nitrogens with zero attached hydrogens (tertiary/aromatic N) is 3. The predicted octanol–water partition coefficient (Wildman–Crippen LogP) is 6.59. The lowest BCUT2D eigenvalue weighted by atomic mass is 9.89. The van der Waals surface area contributed by atoms with E-state index in [4.69, 9.17) is 0 Å². The van der Waals surface area contributed by atoms with Gasteiger partial charge >= 0.3 is 0 Å². The highest BCUT2D eigenvalue weighted by atomic mass is 16.2. The fourth-order valence-corrected chi connectivity index (χ4v) is 5.59. The minimum atomic E-state index is -0.0219. The summed E-state index contributed by atoms with van der Waals surface area (Å²) in [6.45, 7) is 10.0. The van der Waals surface area contributed by atoms with Crippen molar-refractivity contribution in [3.63, 3.8) is 0 Å². The van der Waals surface area contributed by atoms with Gasteiger partial charge < -0.3 is 15.5 Å². The summed E-state index contributed by atoms with van der Waals surface area (Å²) in [6, 6.07) is 18.4. The molecule has 2 amide bonds. The summed E-state index contributed by atoms with van der Waals surface area (Å²) in [6.07, 6.45) is 10.3. The van der Waals surface area contributed by atoms with Crippen LogP contribution >= 0.6 is 0 Å². The standard InChI is InChI=1S/C34H47N5O2/c1-4-13-32-31(25-36-39(32)30-16-8-7-9-17-30)34(41)35-20-10-5-6-11-21-38-22-18-27(19-23-38)28-14-12-15-29(24-28)37-33(40)26(2)3/h7-9,12,14-17,24-27H,4-6,10-11,13,18-23H2,1-3H3,(H,35,41)(H,37,40). The summed E-state index contributed by atoms with van der Waals surface area (Å²) in [5.41, 5.74) is 4.89. The third-order valence-corrected chi connectivity index (χ3v) is 8.03. The number of hydrogen-bond acceptors (Lipinski definition) is 4. The third kappa shape index (κ3) is 8.77. The fourth-order valence-electron chi connectivity index (χ4n) is 5.59. The maximum Gasteiger partial charge on any atom is 0.254 e. The minimum absolute atomic E-state index is 0.0179. The van der Waals surface area contributed by atoms with E-state index in [0.717, 1.165) is 75.2 Å². The number of hydrogen-bond donors (Lipinski definition) is 2. The summed E-state index contributed by atoms with van der Waals surface area (Å²) in [5.74, 6) is 0.585. The molecule has 1 saturated heterocycles. The molecule has 7 heteroatoms. The van der Waals surface area contributed by atoms with E-state index >= 15 is 0 Å². The van der Waals surface area contributed by atoms with Crippen LogP contribution in [0.3, 0.4) is 0 Å². The Bertz CT molecular complexity index is 1250. The zero-order chi connectivity index (χ0) is 29.0. The number of piperidine rings is 1. The fraction of sp³-hybridized carbons (Fsp3) is 0.500. The molecule has 0 spiro atoms. The number of benzene rings is 2. The van der Waals surface area contributed by atoms with Crippen molar-refractivity contribution in [3.8, 4) is 5.69 Å². The van der Waals surface area contributed by atoms with E-state index in [0.29, 0.717) is 18.0 Å². The van der Waals surface area contributed by atoms with Gasteiger partial charge in [0.25, 0.3) is 5.91 Å². The number of likely N-dealkylation sites (tertiary alicyclic amines) is 1. The number of anilines is 1. The van der Waals surface area contributed by atoms with Crippen molar-refractivity contribution in [1.29, 1.82) is 0 Å². The van der Waals surface area contributed by atoms with Crippen LogP contribution in [-0.2, 0) is 11.2 Å². The number of aromatic nitrogens is 2. The van der Waals surface area contributed by atoms with Gasteiger partial charge in [-0.1, -0.05) is 70.4 Å². The van der Waals surface area contributed by atoms with Crippen molar-refractivity contribution in [3.05, 3.63) is 77.6 Å². The molecule has 3 aromatic rings. The van der Waals surface area contributed by atoms with Gasteiger partial charge in [0.1, 0.15) is 0 Å². The largest absolute Gasteiger partial charge is 0.352 e. The van der Waals surface area contributed by atoms with E-state index in [2.05, 4.69) is 45.8 Å². The number of carbonyl (C=O) groups excluding carboxylic acids is 2. The number of nitrogens with one attached hydrogen (secondary N) is 2. The second kappa shape index (κ2) is 15.5. The topological polar surface area (TPSA) is 79.3 Å². The van der Waals surface area contributed by atoms with Gasteiger partial charge in [-0.3, -0.25) is 9.59 Å². The van der Waals surface area contributed by atoms with E-state index < -0.39 is 0 Å². The Morgan fingerprint density at radius 2 is 1.73 bits per heavy atom. The van der Waals surface area contributed by atoms with Crippen LogP contribution in [0.2, 0.25) is 0 Å². The van der Waals surface area contributed by atoms with Gasteiger partial charge in [-0.2, -0.15) is 5.10 Å². The third-order valence-electron chi connectivity index (χ3n) is 8.03. The molecule has 220 valence electrons. The van der Waals surface area contributed by atoms with Gasteiger partial charge in [0.05, 0.1) is 23.1 Å². The molecule has 2 N–H and O–H groups in total. The lowest BCUT2D eigenvalue weighted by molar-refractivity contribution is -0.118. The second-order valence-electron chi connectivity index (χ2n) is 11.6. The molecule has 7 nitrogen and oxygen atoms in total. The number of unbranched alkanes of at least 4 members (excludes halogenated alkanes) is 3. The first kappa shape index (κ1) is 30.5. The van der Waals surface area contributed by atoms with Crippen LogP contribution < -0.4 is 10.6 Å². The summed E-state index contributed by atoms with van der Waals surface area (Å²) in [5, 5.41) is 10.7. The van der Waals surface area contributed by atoms with Crippen molar-refractivity contribution < 1.29 is 9.59 Å². The molecule has 2 heterocycles. The first-order valence-corrected chi connectivity index (χ1v) is 15.5. The lowest BCUT2D eigenvalue weighted by Gasteiger charge is -2.32. The maximum atomic E-state index is 12.9. The minimum Gasteiger partial charge on any atom is -0.352 e. The molecule has 0 saturated carbocycles. The van der Waals surface area contributed by atoms with Crippen LogP contribution in [-0.4, -0.2) is 52.7 Å². The number of carbonyl (C=O) groups is 2. The van der Waals surface area contributed by atoms with Gasteiger partial charge in [0.15, 0.2) is 0 Å². The van der Waals surface area contributed by atoms with Crippen LogP contribution in [0.4, 0.5) is 5.69 Å². The van der Waals surface area contributed by atoms with E-state index in [1.54, 1.807) is 6.20 Å². The number of rotatable bonds is 14. The molecule has 1 aliphatic rings. The average molecular weight is 558 g/mol. The Balaban J connectivity index is 1.12. The Morgan fingerprint density at radius 3 is 2.46 bits per heavy atom. The zero-order valence-corrected chi connectivity index (χ0v) is 25.1. The Kier molecular flexibility index (Phi) is 11.6. The number of para-hydroxylation sites is 1. The monoisotopic (exact) mass is 557 g/mol. The lowest BCUT2D eigenvalue weighted by Crippen LogP contribution is -2.33. The van der Waals surface area contributed by atoms with Crippen molar-refractivity contribution in [2.24, 2.45) is 5.92 Å². The molecule has 2 aromatic carbocycles.